The highest BCUT2D eigenvalue weighted by molar-refractivity contribution is 5.87. The molecule has 0 aromatic carbocycles. The second-order valence-electron chi connectivity index (χ2n) is 6.54. The molecule has 4 heteroatoms. The largest absolute Gasteiger partial charge is 0.481 e. The van der Waals surface area contributed by atoms with Crippen LogP contribution in [0.1, 0.15) is 44.9 Å². The smallest absolute Gasteiger partial charge is 0.307 e. The molecule has 0 aromatic heterocycles. The molecule has 1 amide bonds. The van der Waals surface area contributed by atoms with Gasteiger partial charge in [0, 0.05) is 6.04 Å². The van der Waals surface area contributed by atoms with Crippen LogP contribution in [0.2, 0.25) is 0 Å². The van der Waals surface area contributed by atoms with Gasteiger partial charge in [-0.15, -0.1) is 0 Å². The lowest BCUT2D eigenvalue weighted by molar-refractivity contribution is -0.148. The third-order valence-electron chi connectivity index (χ3n) is 5.25. The maximum absolute atomic E-state index is 12.5. The van der Waals surface area contributed by atoms with E-state index in [1.807, 2.05) is 12.2 Å². The predicted molar refractivity (Wildman–Crippen MR) is 75.0 cm³/mol. The molecule has 3 aliphatic rings. The van der Waals surface area contributed by atoms with Crippen molar-refractivity contribution < 1.29 is 14.7 Å². The Morgan fingerprint density at radius 3 is 2.15 bits per heavy atom. The predicted octanol–water partition coefficient (Wildman–Crippen LogP) is 2.35. The van der Waals surface area contributed by atoms with E-state index in [1.54, 1.807) is 0 Å². The number of hydrogen-bond donors (Lipinski definition) is 2. The Morgan fingerprint density at radius 1 is 0.950 bits per heavy atom. The lowest BCUT2D eigenvalue weighted by Gasteiger charge is -2.26. The number of carboxylic acid groups (broad SMARTS) is 1. The zero-order valence-corrected chi connectivity index (χ0v) is 11.8. The Kier molecular flexibility index (Phi) is 3.81. The molecule has 2 N–H and O–H groups in total. The second-order valence-corrected chi connectivity index (χ2v) is 6.54. The molecule has 0 saturated heterocycles. The Morgan fingerprint density at radius 2 is 1.55 bits per heavy atom. The Hall–Kier alpha value is -1.32. The van der Waals surface area contributed by atoms with E-state index in [0.29, 0.717) is 0 Å². The van der Waals surface area contributed by atoms with Crippen molar-refractivity contribution in [1.29, 1.82) is 0 Å². The molecule has 0 radical (unpaired) electrons. The van der Waals surface area contributed by atoms with E-state index >= 15 is 0 Å². The van der Waals surface area contributed by atoms with Crippen LogP contribution in [0.5, 0.6) is 0 Å². The first-order valence-corrected chi connectivity index (χ1v) is 7.88. The van der Waals surface area contributed by atoms with Crippen LogP contribution in [0.4, 0.5) is 0 Å². The summed E-state index contributed by atoms with van der Waals surface area (Å²) in [5.74, 6) is -1.53. The minimum absolute atomic E-state index is 0.0267. The van der Waals surface area contributed by atoms with E-state index in [4.69, 9.17) is 0 Å². The van der Waals surface area contributed by atoms with E-state index in [1.165, 1.54) is 25.7 Å². The Balaban J connectivity index is 1.66. The van der Waals surface area contributed by atoms with Crippen LogP contribution in [0.15, 0.2) is 12.2 Å². The van der Waals surface area contributed by atoms with Crippen molar-refractivity contribution in [2.45, 2.75) is 51.0 Å². The van der Waals surface area contributed by atoms with Crippen molar-refractivity contribution in [2.75, 3.05) is 0 Å². The van der Waals surface area contributed by atoms with Gasteiger partial charge in [-0.1, -0.05) is 37.8 Å². The summed E-state index contributed by atoms with van der Waals surface area (Å²) < 4.78 is 0. The van der Waals surface area contributed by atoms with E-state index < -0.39 is 11.9 Å². The van der Waals surface area contributed by atoms with Crippen molar-refractivity contribution in [1.82, 2.24) is 5.32 Å². The topological polar surface area (TPSA) is 66.4 Å². The van der Waals surface area contributed by atoms with Crippen molar-refractivity contribution >= 4 is 11.9 Å². The number of rotatable bonds is 3. The zero-order valence-electron chi connectivity index (χ0n) is 11.8. The van der Waals surface area contributed by atoms with Gasteiger partial charge < -0.3 is 10.4 Å². The molecule has 4 nitrogen and oxygen atoms in total. The Labute approximate surface area is 119 Å². The van der Waals surface area contributed by atoms with Crippen molar-refractivity contribution in [2.24, 2.45) is 23.7 Å². The maximum atomic E-state index is 12.5. The first-order valence-electron chi connectivity index (χ1n) is 7.88. The number of carbonyl (C=O) groups is 2. The minimum Gasteiger partial charge on any atom is -0.481 e. The summed E-state index contributed by atoms with van der Waals surface area (Å²) in [5, 5.41) is 12.5. The van der Waals surface area contributed by atoms with Gasteiger partial charge in [-0.05, 0) is 31.1 Å². The van der Waals surface area contributed by atoms with Crippen molar-refractivity contribution in [3.05, 3.63) is 12.2 Å². The summed E-state index contributed by atoms with van der Waals surface area (Å²) in [6, 6.07) is 0.252. The number of carbonyl (C=O) groups excluding carboxylic acids is 1. The van der Waals surface area contributed by atoms with Gasteiger partial charge in [-0.3, -0.25) is 9.59 Å². The highest BCUT2D eigenvalue weighted by atomic mass is 16.4. The molecule has 0 aromatic rings. The average Bonchev–Trinajstić information content (AvgIpc) is 2.93. The van der Waals surface area contributed by atoms with Crippen LogP contribution in [0.3, 0.4) is 0 Å². The summed E-state index contributed by atoms with van der Waals surface area (Å²) in [7, 11) is 0. The van der Waals surface area contributed by atoms with E-state index in [-0.39, 0.29) is 29.7 Å². The molecule has 2 saturated carbocycles. The van der Waals surface area contributed by atoms with E-state index in [2.05, 4.69) is 5.32 Å². The van der Waals surface area contributed by atoms with E-state index in [0.717, 1.165) is 19.3 Å². The second kappa shape index (κ2) is 5.58. The summed E-state index contributed by atoms with van der Waals surface area (Å²) in [5.41, 5.74) is 0. The SMILES string of the molecule is O=C(O)[C@H]1[C@H](C(=O)NC2CCCCCC2)[C@H]2C=C[C@@H]1C2. The normalized spacial score (nSPS) is 36.8. The lowest BCUT2D eigenvalue weighted by Crippen LogP contribution is -2.44. The molecule has 3 rings (SSSR count). The molecule has 2 fully saturated rings. The fourth-order valence-corrected chi connectivity index (χ4v) is 4.24. The molecule has 110 valence electrons. The van der Waals surface area contributed by atoms with Gasteiger partial charge in [0.1, 0.15) is 0 Å². The molecule has 2 bridgehead atoms. The van der Waals surface area contributed by atoms with Gasteiger partial charge in [0.2, 0.25) is 5.91 Å². The number of aliphatic carboxylic acids is 1. The minimum atomic E-state index is -0.817. The molecule has 0 heterocycles. The first kappa shape index (κ1) is 13.7. The number of nitrogens with one attached hydrogen (secondary N) is 1. The van der Waals surface area contributed by atoms with Gasteiger partial charge in [0.15, 0.2) is 0 Å². The quantitative estimate of drug-likeness (QED) is 0.614. The van der Waals surface area contributed by atoms with Crippen LogP contribution in [0, 0.1) is 23.7 Å². The number of carboxylic acids is 1. The molecular weight excluding hydrogens is 254 g/mol. The number of fused-ring (bicyclic) bond motifs is 2. The van der Waals surface area contributed by atoms with Crippen LogP contribution in [-0.2, 0) is 9.59 Å². The van der Waals surface area contributed by atoms with Gasteiger partial charge in [0.05, 0.1) is 11.8 Å². The zero-order chi connectivity index (χ0) is 14.1. The van der Waals surface area contributed by atoms with Gasteiger partial charge >= 0.3 is 5.97 Å². The number of hydrogen-bond acceptors (Lipinski definition) is 2. The highest BCUT2D eigenvalue weighted by Crippen LogP contribution is 2.48. The number of amides is 1. The van der Waals surface area contributed by atoms with Crippen LogP contribution < -0.4 is 5.32 Å². The molecule has 0 aliphatic heterocycles. The Bertz CT molecular complexity index is 423. The van der Waals surface area contributed by atoms with E-state index in [9.17, 15) is 14.7 Å². The average molecular weight is 277 g/mol. The summed E-state index contributed by atoms with van der Waals surface area (Å²) in [6.45, 7) is 0. The van der Waals surface area contributed by atoms with Crippen LogP contribution in [-0.4, -0.2) is 23.0 Å². The maximum Gasteiger partial charge on any atom is 0.307 e. The highest BCUT2D eigenvalue weighted by Gasteiger charge is 2.51. The van der Waals surface area contributed by atoms with Gasteiger partial charge in [0.25, 0.3) is 0 Å². The molecule has 3 aliphatic carbocycles. The molecule has 0 spiro atoms. The third kappa shape index (κ3) is 2.48. The fraction of sp³-hybridized carbons (Fsp3) is 0.750. The number of allylic oxidation sites excluding steroid dienone is 2. The van der Waals surface area contributed by atoms with Crippen LogP contribution in [0.25, 0.3) is 0 Å². The standard InChI is InChI=1S/C16H23NO3/c18-15(17-12-5-3-1-2-4-6-12)13-10-7-8-11(9-10)14(13)16(19)20/h7-8,10-14H,1-6,9H2,(H,17,18)(H,19,20)/t10-,11+,13+,14+/m0/s1. The first-order chi connectivity index (χ1) is 9.66. The lowest BCUT2D eigenvalue weighted by atomic mass is 9.82. The third-order valence-corrected chi connectivity index (χ3v) is 5.25. The molecule has 4 atom stereocenters. The van der Waals surface area contributed by atoms with Crippen molar-refractivity contribution in [3.63, 3.8) is 0 Å². The van der Waals surface area contributed by atoms with Crippen LogP contribution >= 0.6 is 0 Å². The monoisotopic (exact) mass is 277 g/mol. The summed E-state index contributed by atoms with van der Waals surface area (Å²) in [6.07, 6.45) is 11.8. The van der Waals surface area contributed by atoms with Crippen molar-refractivity contribution in [3.8, 4) is 0 Å². The summed E-state index contributed by atoms with van der Waals surface area (Å²) >= 11 is 0. The molecule has 20 heavy (non-hydrogen) atoms. The fourth-order valence-electron chi connectivity index (χ4n) is 4.24. The van der Waals surface area contributed by atoms with Gasteiger partial charge in [-0.25, -0.2) is 0 Å². The van der Waals surface area contributed by atoms with Gasteiger partial charge in [-0.2, -0.15) is 0 Å². The summed E-state index contributed by atoms with van der Waals surface area (Å²) in [4.78, 5) is 24.0. The molecular formula is C16H23NO3. The molecule has 0 unspecified atom stereocenters.